The van der Waals surface area contributed by atoms with Crippen LogP contribution in [0.1, 0.15) is 48.4 Å². The first-order valence-corrected chi connectivity index (χ1v) is 13.3. The molecule has 0 amide bonds. The molecule has 0 aliphatic heterocycles. The third-order valence-electron chi connectivity index (χ3n) is 6.38. The van der Waals surface area contributed by atoms with Gasteiger partial charge in [-0.05, 0) is 65.9 Å². The fourth-order valence-corrected chi connectivity index (χ4v) is 4.22. The summed E-state index contributed by atoms with van der Waals surface area (Å²) in [6.45, 7) is 2.10. The molecule has 0 aromatic heterocycles. The van der Waals surface area contributed by atoms with Gasteiger partial charge >= 0.3 is 12.5 Å². The first-order valence-electron chi connectivity index (χ1n) is 13.3. The van der Waals surface area contributed by atoms with Gasteiger partial charge in [0.25, 0.3) is 0 Å². The zero-order chi connectivity index (χ0) is 32.1. The maximum atomic E-state index is 14.9. The van der Waals surface area contributed by atoms with Crippen molar-refractivity contribution in [3.8, 4) is 34.5 Å². The second-order valence-electron chi connectivity index (χ2n) is 9.68. The minimum Gasteiger partial charge on any atom is -0.429 e. The molecule has 4 aromatic carbocycles. The lowest BCUT2D eigenvalue weighted by atomic mass is 10.00. The van der Waals surface area contributed by atoms with Gasteiger partial charge in [-0.1, -0.05) is 61.9 Å². The van der Waals surface area contributed by atoms with E-state index in [1.165, 1.54) is 6.07 Å². The van der Waals surface area contributed by atoms with Crippen molar-refractivity contribution >= 4 is 0 Å². The number of unbranched alkanes of at least 4 members (excludes halogenated alkanes) is 2. The quantitative estimate of drug-likeness (QED) is 0.105. The lowest BCUT2D eigenvalue weighted by Crippen LogP contribution is -2.23. The zero-order valence-corrected chi connectivity index (χ0v) is 23.0. The molecule has 0 bridgehead atoms. The van der Waals surface area contributed by atoms with Crippen LogP contribution >= 0.6 is 0 Å². The van der Waals surface area contributed by atoms with Crippen molar-refractivity contribution in [2.75, 3.05) is 0 Å². The average molecular weight is 623 g/mol. The summed E-state index contributed by atoms with van der Waals surface area (Å²) in [6, 6.07) is 13.8. The summed E-state index contributed by atoms with van der Waals surface area (Å²) in [7, 11) is 0. The Morgan fingerprint density at radius 3 is 1.89 bits per heavy atom. The fourth-order valence-electron chi connectivity index (χ4n) is 4.22. The predicted molar refractivity (Wildman–Crippen MR) is 145 cm³/mol. The van der Waals surface area contributed by atoms with Crippen LogP contribution in [0.2, 0.25) is 0 Å². The number of hydrogen-bond acceptors (Lipinski definition) is 2. The number of rotatable bonds is 9. The molecule has 0 spiro atoms. The molecular weight excluding hydrogens is 599 g/mol. The molecule has 0 radical (unpaired) electrons. The smallest absolute Gasteiger partial charge is 0.429 e. The molecule has 0 aliphatic carbocycles. The summed E-state index contributed by atoms with van der Waals surface area (Å²) in [4.78, 5) is 0. The van der Waals surface area contributed by atoms with Crippen LogP contribution in [0, 0.1) is 35.1 Å². The van der Waals surface area contributed by atoms with Gasteiger partial charge in [-0.3, -0.25) is 0 Å². The highest BCUT2D eigenvalue weighted by atomic mass is 19.4. The van der Waals surface area contributed by atoms with Crippen LogP contribution in [0.4, 0.5) is 39.5 Å². The van der Waals surface area contributed by atoms with Crippen molar-refractivity contribution in [3.05, 3.63) is 118 Å². The summed E-state index contributed by atoms with van der Waals surface area (Å²) in [6.07, 6.45) is -5.40. The van der Waals surface area contributed by atoms with E-state index in [1.54, 1.807) is 12.1 Å². The van der Waals surface area contributed by atoms with Crippen molar-refractivity contribution < 1.29 is 49.0 Å². The van der Waals surface area contributed by atoms with Crippen LogP contribution in [-0.2, 0) is 12.5 Å². The van der Waals surface area contributed by atoms with E-state index in [0.717, 1.165) is 55.5 Å². The number of halogens is 9. The van der Waals surface area contributed by atoms with Crippen molar-refractivity contribution in [1.29, 1.82) is 0 Å². The molecule has 0 saturated carbocycles. The van der Waals surface area contributed by atoms with Gasteiger partial charge in [0.2, 0.25) is 5.75 Å². The molecule has 0 N–H and O–H groups in total. The van der Waals surface area contributed by atoms with Crippen molar-refractivity contribution in [1.82, 2.24) is 0 Å². The molecule has 4 rings (SSSR count). The van der Waals surface area contributed by atoms with E-state index in [4.69, 9.17) is 0 Å². The summed E-state index contributed by atoms with van der Waals surface area (Å²) in [5.41, 5.74) is 0.169. The second kappa shape index (κ2) is 13.4. The summed E-state index contributed by atoms with van der Waals surface area (Å²) in [5.74, 6) is -3.81. The van der Waals surface area contributed by atoms with Gasteiger partial charge in [-0.2, -0.15) is 8.78 Å². The van der Waals surface area contributed by atoms with Gasteiger partial charge < -0.3 is 9.47 Å². The molecule has 44 heavy (non-hydrogen) atoms. The monoisotopic (exact) mass is 622 g/mol. The highest BCUT2D eigenvalue weighted by Crippen LogP contribution is 2.36. The number of aryl methyl sites for hydroxylation is 1. The lowest BCUT2D eigenvalue weighted by Gasteiger charge is -2.19. The second-order valence-corrected chi connectivity index (χ2v) is 9.68. The number of ether oxygens (including phenoxy) is 2. The first kappa shape index (κ1) is 32.3. The van der Waals surface area contributed by atoms with Crippen LogP contribution in [0.3, 0.4) is 0 Å². The Labute approximate surface area is 247 Å². The van der Waals surface area contributed by atoms with Gasteiger partial charge in [0, 0.05) is 11.6 Å². The standard InChI is InChI=1S/C33H23F9O2/c1-2-3-4-5-20-6-9-22(10-7-20)24-13-15-26(28(35)18-24)32(38,39)43-25-14-12-23(27(34)19-25)11-8-21-16-29(36)31(30(37)17-21)44-33(40,41)42/h6-7,9-10,12-19H,2-5H2,1H3. The Kier molecular flexibility index (Phi) is 9.82. The van der Waals surface area contributed by atoms with Gasteiger partial charge in [0.05, 0.1) is 11.1 Å². The van der Waals surface area contributed by atoms with E-state index < -0.39 is 63.9 Å². The molecule has 0 unspecified atom stereocenters. The Balaban J connectivity index is 1.47. The molecule has 0 fully saturated rings. The predicted octanol–water partition coefficient (Wildman–Crippen LogP) is 10.1. The Morgan fingerprint density at radius 2 is 1.30 bits per heavy atom. The number of alkyl halides is 5. The van der Waals surface area contributed by atoms with E-state index in [-0.39, 0.29) is 0 Å². The molecule has 0 atom stereocenters. The SMILES string of the molecule is CCCCCc1ccc(-c2ccc(C(F)(F)Oc3ccc(C#Cc4cc(F)c(OC(F)(F)F)c(F)c4)c(F)c3)c(F)c2)cc1. The van der Waals surface area contributed by atoms with Gasteiger partial charge in [-0.15, -0.1) is 13.2 Å². The van der Waals surface area contributed by atoms with Gasteiger partial charge in [-0.25, -0.2) is 17.6 Å². The summed E-state index contributed by atoms with van der Waals surface area (Å²) >= 11 is 0. The summed E-state index contributed by atoms with van der Waals surface area (Å²) in [5, 5.41) is 0. The van der Waals surface area contributed by atoms with Gasteiger partial charge in [0.15, 0.2) is 11.6 Å². The minimum atomic E-state index is -5.34. The van der Waals surface area contributed by atoms with Crippen molar-refractivity contribution in [2.24, 2.45) is 0 Å². The third-order valence-corrected chi connectivity index (χ3v) is 6.38. The molecular formula is C33H23F9O2. The molecule has 4 aromatic rings. The van der Waals surface area contributed by atoms with E-state index >= 15 is 0 Å². The van der Waals surface area contributed by atoms with Crippen LogP contribution in [0.5, 0.6) is 11.5 Å². The summed E-state index contributed by atoms with van der Waals surface area (Å²) < 4.78 is 132. The van der Waals surface area contributed by atoms with Crippen molar-refractivity contribution in [2.45, 2.75) is 45.1 Å². The lowest BCUT2D eigenvalue weighted by molar-refractivity contribution is -0.276. The maximum absolute atomic E-state index is 14.9. The zero-order valence-electron chi connectivity index (χ0n) is 23.0. The highest BCUT2D eigenvalue weighted by molar-refractivity contribution is 5.64. The molecule has 11 heteroatoms. The Morgan fingerprint density at radius 1 is 0.636 bits per heavy atom. The number of benzene rings is 4. The van der Waals surface area contributed by atoms with E-state index in [2.05, 4.69) is 28.2 Å². The Bertz CT molecular complexity index is 1660. The normalized spacial score (nSPS) is 11.6. The molecule has 0 heterocycles. The largest absolute Gasteiger partial charge is 0.573 e. The minimum absolute atomic E-state index is 0.374. The molecule has 2 nitrogen and oxygen atoms in total. The third kappa shape index (κ3) is 8.28. The Hall–Kier alpha value is -4.59. The first-order chi connectivity index (χ1) is 20.8. The van der Waals surface area contributed by atoms with Crippen LogP contribution in [0.15, 0.2) is 72.8 Å². The molecule has 230 valence electrons. The fraction of sp³-hybridized carbons (Fsp3) is 0.212. The van der Waals surface area contributed by atoms with Crippen LogP contribution < -0.4 is 9.47 Å². The van der Waals surface area contributed by atoms with E-state index in [9.17, 15) is 39.5 Å². The van der Waals surface area contributed by atoms with E-state index in [1.807, 2.05) is 12.1 Å². The molecule has 0 aliphatic rings. The van der Waals surface area contributed by atoms with Crippen LogP contribution in [0.25, 0.3) is 11.1 Å². The van der Waals surface area contributed by atoms with Crippen LogP contribution in [-0.4, -0.2) is 6.36 Å². The highest BCUT2D eigenvalue weighted by Gasteiger charge is 2.38. The average Bonchev–Trinajstić information content (AvgIpc) is 2.94. The number of hydrogen-bond donors (Lipinski definition) is 0. The van der Waals surface area contributed by atoms with E-state index in [0.29, 0.717) is 29.3 Å². The molecule has 0 saturated heterocycles. The maximum Gasteiger partial charge on any atom is 0.573 e. The van der Waals surface area contributed by atoms with Gasteiger partial charge in [0.1, 0.15) is 17.4 Å². The topological polar surface area (TPSA) is 18.5 Å². The van der Waals surface area contributed by atoms with Crippen molar-refractivity contribution in [3.63, 3.8) is 0 Å².